The molecule has 0 aliphatic rings. The quantitative estimate of drug-likeness (QED) is 0.0846. The van der Waals surface area contributed by atoms with Crippen molar-refractivity contribution in [2.45, 2.75) is 0 Å². The van der Waals surface area contributed by atoms with Gasteiger partial charge in [0.1, 0.15) is 0 Å². The van der Waals surface area contributed by atoms with Gasteiger partial charge in [0.2, 0.25) is 0 Å². The summed E-state index contributed by atoms with van der Waals surface area (Å²) >= 11 is 0. The van der Waals surface area contributed by atoms with Crippen molar-refractivity contribution in [3.05, 3.63) is 510 Å². The Balaban J connectivity index is 0.000000112. The van der Waals surface area contributed by atoms with E-state index >= 15 is 0 Å². The second-order valence-corrected chi connectivity index (χ2v) is 34.6. The van der Waals surface area contributed by atoms with Crippen molar-refractivity contribution in [3.8, 4) is 145 Å². The van der Waals surface area contributed by atoms with Crippen molar-refractivity contribution in [1.82, 2.24) is 29.9 Å². The minimum Gasteiger partial charge on any atom is -0.256 e. The van der Waals surface area contributed by atoms with Gasteiger partial charge in [-0.1, -0.05) is 431 Å². The van der Waals surface area contributed by atoms with E-state index in [1.165, 1.54) is 99.6 Å². The maximum absolute atomic E-state index is 5.30. The monoisotopic (exact) mass is 1730 g/mol. The summed E-state index contributed by atoms with van der Waals surface area (Å²) < 4.78 is 0. The summed E-state index contributed by atoms with van der Waals surface area (Å²) in [6.07, 6.45) is 1.96. The van der Waals surface area contributed by atoms with Crippen molar-refractivity contribution >= 4 is 109 Å². The molecule has 0 amide bonds. The third kappa shape index (κ3) is 15.5. The number of para-hydroxylation sites is 4. The Morgan fingerprint density at radius 2 is 0.360 bits per heavy atom. The van der Waals surface area contributed by atoms with E-state index in [9.17, 15) is 0 Å². The molecule has 0 spiro atoms. The largest absolute Gasteiger partial charge is 0.256 e. The van der Waals surface area contributed by atoms with E-state index in [2.05, 4.69) is 490 Å². The van der Waals surface area contributed by atoms with Crippen molar-refractivity contribution in [2.24, 2.45) is 0 Å². The van der Waals surface area contributed by atoms with E-state index in [1.807, 2.05) is 24.4 Å². The van der Waals surface area contributed by atoms with Gasteiger partial charge >= 0.3 is 0 Å². The van der Waals surface area contributed by atoms with Gasteiger partial charge in [-0.05, 0) is 178 Å². The number of rotatable bonds is 13. The zero-order chi connectivity index (χ0) is 90.2. The first-order chi connectivity index (χ1) is 67.4. The molecule has 0 fully saturated rings. The van der Waals surface area contributed by atoms with Gasteiger partial charge in [-0.3, -0.25) is 4.98 Å². The minimum absolute atomic E-state index is 0.964. The average molecular weight is 1730 g/mol. The number of fused-ring (bicyclic) bond motifs is 13. The fourth-order valence-corrected chi connectivity index (χ4v) is 19.8. The van der Waals surface area contributed by atoms with Crippen LogP contribution in [0.15, 0.2) is 510 Å². The minimum atomic E-state index is 0.964. The molecule has 0 unspecified atom stereocenters. The second kappa shape index (κ2) is 35.6. The number of aromatic nitrogens is 6. The molecular formula is C130H84N6. The van der Waals surface area contributed by atoms with E-state index in [1.54, 1.807) is 0 Å². The van der Waals surface area contributed by atoms with Crippen LogP contribution in [0.2, 0.25) is 0 Å². The zero-order valence-electron chi connectivity index (χ0n) is 74.2. The van der Waals surface area contributed by atoms with Gasteiger partial charge in [0.25, 0.3) is 0 Å². The van der Waals surface area contributed by atoms with Crippen LogP contribution >= 0.6 is 0 Å². The van der Waals surface area contributed by atoms with Crippen LogP contribution in [0, 0.1) is 0 Å². The molecule has 0 radical (unpaired) electrons. The molecule has 20 aromatic carbocycles. The predicted octanol–water partition coefficient (Wildman–Crippen LogP) is 34.6. The van der Waals surface area contributed by atoms with Gasteiger partial charge in [-0.25, -0.2) is 24.9 Å². The average Bonchev–Trinajstić information content (AvgIpc) is 0.743. The lowest BCUT2D eigenvalue weighted by molar-refractivity contribution is 1.40. The fraction of sp³-hybridized carbons (Fsp3) is 0. The maximum Gasteiger partial charge on any atom is 0.0794 e. The molecule has 6 aromatic heterocycles. The first-order valence-electron chi connectivity index (χ1n) is 46.3. The van der Waals surface area contributed by atoms with Crippen molar-refractivity contribution in [1.29, 1.82) is 0 Å². The molecule has 0 aliphatic heterocycles. The number of pyridine rings is 6. The summed E-state index contributed by atoms with van der Waals surface area (Å²) in [4.78, 5) is 30.6. The van der Waals surface area contributed by atoms with E-state index in [0.717, 1.165) is 154 Å². The van der Waals surface area contributed by atoms with E-state index in [0.29, 0.717) is 0 Å². The molecule has 6 heteroatoms. The molecule has 0 aliphatic carbocycles. The summed E-state index contributed by atoms with van der Waals surface area (Å²) in [5, 5.41) is 15.1. The van der Waals surface area contributed by atoms with Crippen molar-refractivity contribution in [2.75, 3.05) is 0 Å². The molecule has 0 saturated heterocycles. The summed E-state index contributed by atoms with van der Waals surface area (Å²) in [7, 11) is 0. The van der Waals surface area contributed by atoms with E-state index in [4.69, 9.17) is 24.9 Å². The Bertz CT molecular complexity index is 8970. The van der Waals surface area contributed by atoms with Crippen LogP contribution in [0.3, 0.4) is 0 Å². The molecule has 26 rings (SSSR count). The molecule has 6 nitrogen and oxygen atoms in total. The molecule has 0 bridgehead atoms. The van der Waals surface area contributed by atoms with Gasteiger partial charge in [-0.15, -0.1) is 0 Å². The topological polar surface area (TPSA) is 77.3 Å². The SMILES string of the molecule is c1ccc(-c2cc(-c3ccccc3)c3cc(-c4ccc(-c5c6ccccc6nc6ccccc56)cc4)c4ccccc4c3n2)cc1.c1ccc(-c2cc(-c3ccccc3)c3cc(-c4ccc(-c5cc(-c6ccccc6)c6ccccc6n5)cc4)c4ccccc4c3n2)cc1.c1ccc(-c2cc(-c3ccccc3)c3cc(-c4ccc(-c5cnc6ccccc6c5)cc4)c4ccccc4c3n2)cc1. The lowest BCUT2D eigenvalue weighted by atomic mass is 9.90. The first kappa shape index (κ1) is 81.2. The van der Waals surface area contributed by atoms with Crippen LogP contribution in [0.25, 0.3) is 254 Å². The van der Waals surface area contributed by atoms with E-state index < -0.39 is 0 Å². The van der Waals surface area contributed by atoms with Crippen LogP contribution in [-0.2, 0) is 0 Å². The summed E-state index contributed by atoms with van der Waals surface area (Å²) in [6.45, 7) is 0. The Morgan fingerprint density at radius 1 is 0.125 bits per heavy atom. The number of hydrogen-bond donors (Lipinski definition) is 0. The maximum atomic E-state index is 5.30. The third-order valence-corrected chi connectivity index (χ3v) is 26.4. The van der Waals surface area contributed by atoms with E-state index in [-0.39, 0.29) is 0 Å². The lowest BCUT2D eigenvalue weighted by Gasteiger charge is -2.16. The highest BCUT2D eigenvalue weighted by Gasteiger charge is 2.23. The van der Waals surface area contributed by atoms with Crippen LogP contribution in [0.4, 0.5) is 0 Å². The number of benzene rings is 20. The van der Waals surface area contributed by atoms with Crippen LogP contribution in [0.5, 0.6) is 0 Å². The lowest BCUT2D eigenvalue weighted by Crippen LogP contribution is -1.93. The Kier molecular flexibility index (Phi) is 21.3. The van der Waals surface area contributed by atoms with Gasteiger partial charge in [0, 0.05) is 93.4 Å². The third-order valence-electron chi connectivity index (χ3n) is 26.4. The second-order valence-electron chi connectivity index (χ2n) is 34.6. The number of nitrogens with zero attached hydrogens (tertiary/aromatic N) is 6. The fourth-order valence-electron chi connectivity index (χ4n) is 19.8. The smallest absolute Gasteiger partial charge is 0.0794 e. The molecule has 0 saturated carbocycles. The highest BCUT2D eigenvalue weighted by molar-refractivity contribution is 6.20. The Morgan fingerprint density at radius 3 is 0.721 bits per heavy atom. The highest BCUT2D eigenvalue weighted by Crippen LogP contribution is 2.47. The molecule has 6 heterocycles. The first-order valence-corrected chi connectivity index (χ1v) is 46.3. The summed E-state index contributed by atoms with van der Waals surface area (Å²) in [6, 6.07) is 178. The van der Waals surface area contributed by atoms with Crippen LogP contribution in [0.1, 0.15) is 0 Å². The van der Waals surface area contributed by atoms with Gasteiger partial charge in [0.15, 0.2) is 0 Å². The molecule has 0 N–H and O–H groups in total. The van der Waals surface area contributed by atoms with Crippen LogP contribution in [-0.4, -0.2) is 29.9 Å². The zero-order valence-corrected chi connectivity index (χ0v) is 74.2. The van der Waals surface area contributed by atoms with Crippen molar-refractivity contribution in [3.63, 3.8) is 0 Å². The van der Waals surface area contributed by atoms with Gasteiger partial charge in [0.05, 0.1) is 61.4 Å². The molecular weight excluding hydrogens is 1650 g/mol. The standard InChI is InChI=1S/C46H30N2.C44H28N2.C40H26N2/c1-4-14-31(15-5-1)40-29-44(47-43-23-13-12-21-37(40)43)35-26-24-33(25-27-35)39-28-42-41(32-16-6-2-7-17-32)30-45(34-18-8-3-9-19-34)48-46(42)38-22-11-10-20-36(38)39;1-3-13-29(14-4-1)38-28-42(31-15-5-2-6-16-31)46-44-34-18-8-7-17-33(34)37(27-39(38)44)30-23-25-32(26-24-30)43-35-19-9-11-21-40(35)45-41-22-12-10-20-36(41)43;1-3-11-28(12-4-1)36-25-39(30-13-5-2-6-14-30)42-40-34-17-9-8-16-33(34)35(24-37(36)40)29-21-19-27(20-22-29)32-23-31-15-7-10-18-38(31)41-26-32/h1-30H;1-28H;1-26H. The predicted molar refractivity (Wildman–Crippen MR) is 572 cm³/mol. The normalized spacial score (nSPS) is 11.4. The summed E-state index contributed by atoms with van der Waals surface area (Å²) in [5.74, 6) is 0. The molecule has 634 valence electrons. The summed E-state index contributed by atoms with van der Waals surface area (Å²) in [5.41, 5.74) is 36.7. The molecule has 26 aromatic rings. The van der Waals surface area contributed by atoms with Crippen LogP contribution < -0.4 is 0 Å². The Labute approximate surface area is 787 Å². The molecule has 0 atom stereocenters. The number of hydrogen-bond acceptors (Lipinski definition) is 6. The Hall–Kier alpha value is -18.1. The van der Waals surface area contributed by atoms with Crippen molar-refractivity contribution < 1.29 is 0 Å². The molecule has 136 heavy (non-hydrogen) atoms. The highest BCUT2D eigenvalue weighted by atomic mass is 14.7. The van der Waals surface area contributed by atoms with Gasteiger partial charge in [-0.2, -0.15) is 0 Å². The van der Waals surface area contributed by atoms with Gasteiger partial charge < -0.3 is 0 Å².